The summed E-state index contributed by atoms with van der Waals surface area (Å²) in [4.78, 5) is 17.0. The first-order valence-electron chi connectivity index (χ1n) is 8.51. The molecule has 27 heavy (non-hydrogen) atoms. The fraction of sp³-hybridized carbons (Fsp3) is 0.150. The van der Waals surface area contributed by atoms with Gasteiger partial charge in [-0.3, -0.25) is 4.79 Å². The second kappa shape index (κ2) is 7.03. The molecule has 0 atom stereocenters. The van der Waals surface area contributed by atoms with E-state index >= 15 is 0 Å². The Kier molecular flexibility index (Phi) is 4.42. The third-order valence-corrected chi connectivity index (χ3v) is 4.18. The maximum absolute atomic E-state index is 13.5. The number of nitrogens with zero attached hydrogens (tertiary/aromatic N) is 3. The van der Waals surface area contributed by atoms with Crippen molar-refractivity contribution in [3.8, 4) is 5.69 Å². The summed E-state index contributed by atoms with van der Waals surface area (Å²) in [5, 5.41) is 7.22. The number of halogens is 1. The van der Waals surface area contributed by atoms with Crippen LogP contribution in [0.15, 0.2) is 59.7 Å². The number of aromatic nitrogens is 2. The summed E-state index contributed by atoms with van der Waals surface area (Å²) in [6.07, 6.45) is 1.60. The van der Waals surface area contributed by atoms with Crippen molar-refractivity contribution in [3.05, 3.63) is 77.2 Å². The van der Waals surface area contributed by atoms with Crippen LogP contribution in [-0.2, 0) is 4.74 Å². The second-order valence-electron chi connectivity index (χ2n) is 6.15. The van der Waals surface area contributed by atoms with Crippen LogP contribution in [0, 0.1) is 12.7 Å². The first-order valence-corrected chi connectivity index (χ1v) is 8.51. The molecule has 4 rings (SSSR count). The second-order valence-corrected chi connectivity index (χ2v) is 6.15. The Balaban J connectivity index is 1.75. The summed E-state index contributed by atoms with van der Waals surface area (Å²) < 4.78 is 20.6. The van der Waals surface area contributed by atoms with Crippen LogP contribution in [0.2, 0.25) is 0 Å². The minimum atomic E-state index is -0.474. The highest BCUT2D eigenvalue weighted by Crippen LogP contribution is 2.24. The fourth-order valence-electron chi connectivity index (χ4n) is 2.81. The van der Waals surface area contributed by atoms with E-state index in [1.807, 2.05) is 31.2 Å². The number of aliphatic imine (C=N–C) groups is 1. The van der Waals surface area contributed by atoms with E-state index < -0.39 is 11.7 Å². The van der Waals surface area contributed by atoms with Crippen molar-refractivity contribution in [1.29, 1.82) is 0 Å². The van der Waals surface area contributed by atoms with Crippen LogP contribution in [0.4, 0.5) is 10.2 Å². The van der Waals surface area contributed by atoms with Gasteiger partial charge in [0.25, 0.3) is 5.91 Å². The third-order valence-electron chi connectivity index (χ3n) is 4.18. The number of rotatable bonds is 4. The van der Waals surface area contributed by atoms with E-state index in [-0.39, 0.29) is 5.56 Å². The number of amides is 1. The van der Waals surface area contributed by atoms with E-state index in [0.717, 1.165) is 11.3 Å². The van der Waals surface area contributed by atoms with Crippen LogP contribution in [0.25, 0.3) is 5.69 Å². The lowest BCUT2D eigenvalue weighted by Crippen LogP contribution is -2.18. The summed E-state index contributed by atoms with van der Waals surface area (Å²) in [6.45, 7) is 3.04. The fourth-order valence-corrected chi connectivity index (χ4v) is 2.81. The highest BCUT2D eigenvalue weighted by Gasteiger charge is 2.22. The molecular weight excluding hydrogens is 347 g/mol. The number of hydrogen-bond acceptors (Lipinski definition) is 4. The molecule has 136 valence electrons. The molecule has 1 N–H and O–H groups in total. The molecule has 0 spiro atoms. The Morgan fingerprint density at radius 3 is 2.74 bits per heavy atom. The van der Waals surface area contributed by atoms with Crippen LogP contribution in [0.3, 0.4) is 0 Å². The van der Waals surface area contributed by atoms with E-state index in [1.54, 1.807) is 16.9 Å². The first-order chi connectivity index (χ1) is 13.1. The van der Waals surface area contributed by atoms with Gasteiger partial charge < -0.3 is 10.1 Å². The molecule has 0 unspecified atom stereocenters. The molecule has 0 saturated heterocycles. The molecule has 0 aliphatic carbocycles. The first kappa shape index (κ1) is 17.0. The van der Waals surface area contributed by atoms with Gasteiger partial charge in [0.1, 0.15) is 18.2 Å². The van der Waals surface area contributed by atoms with Crippen molar-refractivity contribution in [2.75, 3.05) is 18.5 Å². The van der Waals surface area contributed by atoms with Crippen molar-refractivity contribution in [2.24, 2.45) is 4.99 Å². The van der Waals surface area contributed by atoms with Crippen LogP contribution in [-0.4, -0.2) is 34.7 Å². The van der Waals surface area contributed by atoms with E-state index in [2.05, 4.69) is 15.4 Å². The van der Waals surface area contributed by atoms with E-state index in [1.165, 1.54) is 18.2 Å². The van der Waals surface area contributed by atoms with Crippen molar-refractivity contribution in [2.45, 2.75) is 6.92 Å². The Labute approximate surface area is 155 Å². The Morgan fingerprint density at radius 2 is 2.04 bits per heavy atom. The zero-order valence-corrected chi connectivity index (χ0v) is 14.6. The predicted molar refractivity (Wildman–Crippen MR) is 100 cm³/mol. The molecule has 1 amide bonds. The molecule has 6 nitrogen and oxygen atoms in total. The molecule has 1 aliphatic heterocycles. The zero-order chi connectivity index (χ0) is 18.8. The standard InChI is InChI=1S/C20H17FN4O2/c1-13-5-7-16(8-6-13)25-18(17(12-23-25)20-22-9-10-27-20)24-19(26)14-3-2-4-15(21)11-14/h2-8,11-12H,9-10H2,1H3,(H,24,26). The molecule has 0 fully saturated rings. The highest BCUT2D eigenvalue weighted by atomic mass is 19.1. The number of anilines is 1. The van der Waals surface area contributed by atoms with Crippen molar-refractivity contribution < 1.29 is 13.9 Å². The van der Waals surface area contributed by atoms with Crippen molar-refractivity contribution >= 4 is 17.6 Å². The number of benzene rings is 2. The number of aryl methyl sites for hydroxylation is 1. The van der Waals surface area contributed by atoms with Gasteiger partial charge in [-0.1, -0.05) is 23.8 Å². The van der Waals surface area contributed by atoms with Crippen molar-refractivity contribution in [3.63, 3.8) is 0 Å². The van der Waals surface area contributed by atoms with Crippen LogP contribution >= 0.6 is 0 Å². The van der Waals surface area contributed by atoms with Gasteiger partial charge in [-0.05, 0) is 37.3 Å². The predicted octanol–water partition coefficient (Wildman–Crippen LogP) is 3.35. The average molecular weight is 364 g/mol. The van der Waals surface area contributed by atoms with Gasteiger partial charge in [0.15, 0.2) is 0 Å². The summed E-state index contributed by atoms with van der Waals surface area (Å²) in [6, 6.07) is 13.2. The quantitative estimate of drug-likeness (QED) is 0.772. The topological polar surface area (TPSA) is 68.5 Å². The Bertz CT molecular complexity index is 1020. The van der Waals surface area contributed by atoms with Gasteiger partial charge >= 0.3 is 0 Å². The lowest BCUT2D eigenvalue weighted by Gasteiger charge is -2.12. The summed E-state index contributed by atoms with van der Waals surface area (Å²) in [5.74, 6) is -0.0571. The minimum absolute atomic E-state index is 0.215. The summed E-state index contributed by atoms with van der Waals surface area (Å²) >= 11 is 0. The number of ether oxygens (including phenoxy) is 1. The van der Waals surface area contributed by atoms with Gasteiger partial charge in [-0.25, -0.2) is 14.1 Å². The summed E-state index contributed by atoms with van der Waals surface area (Å²) in [7, 11) is 0. The van der Waals surface area contributed by atoms with Gasteiger partial charge in [0.05, 0.1) is 24.0 Å². The van der Waals surface area contributed by atoms with Crippen molar-refractivity contribution in [1.82, 2.24) is 9.78 Å². The maximum Gasteiger partial charge on any atom is 0.256 e. The highest BCUT2D eigenvalue weighted by molar-refractivity contribution is 6.08. The average Bonchev–Trinajstić information content (AvgIpc) is 3.32. The van der Waals surface area contributed by atoms with Gasteiger partial charge in [-0.2, -0.15) is 5.10 Å². The number of carbonyl (C=O) groups excluding carboxylic acids is 1. The molecule has 3 aromatic rings. The van der Waals surface area contributed by atoms with Gasteiger partial charge in [0.2, 0.25) is 5.90 Å². The van der Waals surface area contributed by atoms with E-state index in [4.69, 9.17) is 4.74 Å². The smallest absolute Gasteiger partial charge is 0.256 e. The number of hydrogen-bond donors (Lipinski definition) is 1. The normalized spacial score (nSPS) is 13.2. The van der Waals surface area contributed by atoms with Gasteiger partial charge in [-0.15, -0.1) is 0 Å². The zero-order valence-electron chi connectivity index (χ0n) is 14.6. The largest absolute Gasteiger partial charge is 0.475 e. The monoisotopic (exact) mass is 364 g/mol. The molecule has 2 heterocycles. The number of nitrogens with one attached hydrogen (secondary N) is 1. The molecule has 7 heteroatoms. The van der Waals surface area contributed by atoms with E-state index in [9.17, 15) is 9.18 Å². The maximum atomic E-state index is 13.5. The Hall–Kier alpha value is -3.48. The molecule has 0 radical (unpaired) electrons. The van der Waals surface area contributed by atoms with Crippen LogP contribution in [0.1, 0.15) is 21.5 Å². The number of carbonyl (C=O) groups is 1. The third kappa shape index (κ3) is 3.44. The molecule has 1 aromatic heterocycles. The Morgan fingerprint density at radius 1 is 1.22 bits per heavy atom. The van der Waals surface area contributed by atoms with Gasteiger partial charge in [0, 0.05) is 5.56 Å². The van der Waals surface area contributed by atoms with Crippen LogP contribution < -0.4 is 5.32 Å². The molecule has 0 bridgehead atoms. The van der Waals surface area contributed by atoms with Crippen LogP contribution in [0.5, 0.6) is 0 Å². The van der Waals surface area contributed by atoms with E-state index in [0.29, 0.717) is 30.4 Å². The molecule has 1 aliphatic rings. The SMILES string of the molecule is Cc1ccc(-n2ncc(C3=NCCO3)c2NC(=O)c2cccc(F)c2)cc1. The lowest BCUT2D eigenvalue weighted by atomic mass is 10.2. The molecule has 0 saturated carbocycles. The summed E-state index contributed by atoms with van der Waals surface area (Å²) in [5.41, 5.74) is 2.68. The molecule has 2 aromatic carbocycles. The molecular formula is C20H17FN4O2. The lowest BCUT2D eigenvalue weighted by molar-refractivity contribution is 0.102. The minimum Gasteiger partial charge on any atom is -0.475 e.